The van der Waals surface area contributed by atoms with E-state index in [4.69, 9.17) is 35.4 Å². The van der Waals surface area contributed by atoms with Gasteiger partial charge in [-0.25, -0.2) is 0 Å². The fraction of sp³-hybridized carbons (Fsp3) is 0.105. The number of nitrogens with one attached hydrogen (secondary N) is 1. The first-order valence-corrected chi connectivity index (χ1v) is 9.08. The minimum Gasteiger partial charge on any atom is -0.339 e. The molecule has 26 heavy (non-hydrogen) atoms. The van der Waals surface area contributed by atoms with Crippen molar-refractivity contribution in [3.63, 3.8) is 0 Å². The summed E-state index contributed by atoms with van der Waals surface area (Å²) in [5.74, 6) is 0. The molecule has 0 bridgehead atoms. The van der Waals surface area contributed by atoms with Gasteiger partial charge in [-0.1, -0.05) is 35.3 Å². The molecule has 0 spiro atoms. The number of hydrogen-bond acceptors (Lipinski definition) is 3. The van der Waals surface area contributed by atoms with Crippen molar-refractivity contribution in [2.75, 3.05) is 5.32 Å². The second-order valence-corrected chi connectivity index (χ2v) is 6.80. The van der Waals surface area contributed by atoms with E-state index in [9.17, 15) is 0 Å². The molecule has 132 valence electrons. The SMILES string of the molecule is S=C(Nc1ccc(Cl)c(Cl)c1)N(Cc1cccnc1)Cc1ccccn1. The molecule has 4 nitrogen and oxygen atoms in total. The van der Waals surface area contributed by atoms with Crippen molar-refractivity contribution in [1.29, 1.82) is 0 Å². The third kappa shape index (κ3) is 5.14. The van der Waals surface area contributed by atoms with Crippen molar-refractivity contribution in [3.8, 4) is 0 Å². The van der Waals surface area contributed by atoms with E-state index in [2.05, 4.69) is 15.3 Å². The summed E-state index contributed by atoms with van der Waals surface area (Å²) < 4.78 is 0. The Morgan fingerprint density at radius 2 is 1.88 bits per heavy atom. The van der Waals surface area contributed by atoms with Crippen LogP contribution in [0.4, 0.5) is 5.69 Å². The molecule has 0 saturated heterocycles. The molecule has 0 saturated carbocycles. The van der Waals surface area contributed by atoms with Gasteiger partial charge < -0.3 is 10.2 Å². The molecule has 0 amide bonds. The fourth-order valence-corrected chi connectivity index (χ4v) is 2.92. The van der Waals surface area contributed by atoms with Crippen LogP contribution in [0.25, 0.3) is 0 Å². The standard InChI is InChI=1S/C19H16Cl2N4S/c20-17-7-6-15(10-18(17)21)24-19(26)25(12-14-4-3-8-22-11-14)13-16-5-1-2-9-23-16/h1-11H,12-13H2,(H,24,26). The Hall–Kier alpha value is -2.21. The van der Waals surface area contributed by atoms with E-state index >= 15 is 0 Å². The Balaban J connectivity index is 1.78. The van der Waals surface area contributed by atoms with Crippen molar-refractivity contribution < 1.29 is 0 Å². The minimum absolute atomic E-state index is 0.475. The first kappa shape index (κ1) is 18.6. The van der Waals surface area contributed by atoms with E-state index in [-0.39, 0.29) is 0 Å². The molecule has 0 atom stereocenters. The third-order valence-electron chi connectivity index (χ3n) is 3.63. The summed E-state index contributed by atoms with van der Waals surface area (Å²) in [7, 11) is 0. The normalized spacial score (nSPS) is 10.4. The van der Waals surface area contributed by atoms with Crippen LogP contribution in [0, 0.1) is 0 Å². The van der Waals surface area contributed by atoms with Gasteiger partial charge in [-0.2, -0.15) is 0 Å². The maximum atomic E-state index is 6.09. The van der Waals surface area contributed by atoms with E-state index in [1.807, 2.05) is 47.5 Å². The Morgan fingerprint density at radius 3 is 2.58 bits per heavy atom. The smallest absolute Gasteiger partial charge is 0.174 e. The summed E-state index contributed by atoms with van der Waals surface area (Å²) in [5.41, 5.74) is 2.76. The number of thiocarbonyl (C=S) groups is 1. The summed E-state index contributed by atoms with van der Waals surface area (Å²) in [6, 6.07) is 15.1. The lowest BCUT2D eigenvalue weighted by atomic mass is 10.2. The van der Waals surface area contributed by atoms with Crippen LogP contribution >= 0.6 is 35.4 Å². The average Bonchev–Trinajstić information content (AvgIpc) is 2.66. The molecule has 2 heterocycles. The lowest BCUT2D eigenvalue weighted by Crippen LogP contribution is -2.34. The van der Waals surface area contributed by atoms with E-state index in [1.54, 1.807) is 24.5 Å². The van der Waals surface area contributed by atoms with Gasteiger partial charge in [-0.05, 0) is 54.2 Å². The summed E-state index contributed by atoms with van der Waals surface area (Å²) in [5, 5.41) is 4.76. The lowest BCUT2D eigenvalue weighted by molar-refractivity contribution is 0.407. The molecule has 0 aliphatic carbocycles. The van der Waals surface area contributed by atoms with Gasteiger partial charge in [0.05, 0.1) is 22.3 Å². The zero-order valence-corrected chi connectivity index (χ0v) is 16.1. The van der Waals surface area contributed by atoms with Crippen LogP contribution in [0.15, 0.2) is 67.1 Å². The van der Waals surface area contributed by atoms with Gasteiger partial charge in [0, 0.05) is 30.8 Å². The summed E-state index contributed by atoms with van der Waals surface area (Å²) in [6.07, 6.45) is 5.35. The van der Waals surface area contributed by atoms with Crippen molar-refractivity contribution in [2.24, 2.45) is 0 Å². The summed E-state index contributed by atoms with van der Waals surface area (Å²) in [4.78, 5) is 10.6. The molecule has 0 aliphatic rings. The van der Waals surface area contributed by atoms with Crippen LogP contribution in [0.2, 0.25) is 10.0 Å². The molecular formula is C19H16Cl2N4S. The van der Waals surface area contributed by atoms with Gasteiger partial charge in [-0.3, -0.25) is 9.97 Å². The van der Waals surface area contributed by atoms with E-state index < -0.39 is 0 Å². The summed E-state index contributed by atoms with van der Waals surface area (Å²) in [6.45, 7) is 1.18. The fourth-order valence-electron chi connectivity index (χ4n) is 2.38. The molecule has 2 aromatic heterocycles. The quantitative estimate of drug-likeness (QED) is 0.595. The van der Waals surface area contributed by atoms with Crippen LogP contribution < -0.4 is 5.32 Å². The number of nitrogens with zero attached hydrogens (tertiary/aromatic N) is 3. The van der Waals surface area contributed by atoms with Crippen LogP contribution in [-0.2, 0) is 13.1 Å². The van der Waals surface area contributed by atoms with Gasteiger partial charge in [-0.15, -0.1) is 0 Å². The van der Waals surface area contributed by atoms with Gasteiger partial charge in [0.1, 0.15) is 0 Å². The largest absolute Gasteiger partial charge is 0.339 e. The highest BCUT2D eigenvalue weighted by molar-refractivity contribution is 7.80. The Kier molecular flexibility index (Phi) is 6.39. The molecule has 0 unspecified atom stereocenters. The third-order valence-corrected chi connectivity index (χ3v) is 4.73. The molecule has 7 heteroatoms. The first-order valence-electron chi connectivity index (χ1n) is 7.91. The highest BCUT2D eigenvalue weighted by Gasteiger charge is 2.13. The maximum Gasteiger partial charge on any atom is 0.174 e. The zero-order chi connectivity index (χ0) is 18.4. The highest BCUT2D eigenvalue weighted by atomic mass is 35.5. The van der Waals surface area contributed by atoms with Gasteiger partial charge in [0.2, 0.25) is 0 Å². The Bertz CT molecular complexity index is 834. The van der Waals surface area contributed by atoms with Crippen LogP contribution in [-0.4, -0.2) is 20.0 Å². The molecule has 3 aromatic rings. The Morgan fingerprint density at radius 1 is 1.00 bits per heavy atom. The topological polar surface area (TPSA) is 41.0 Å². The molecule has 1 aromatic carbocycles. The first-order chi connectivity index (χ1) is 12.6. The molecular weight excluding hydrogens is 387 g/mol. The molecule has 0 radical (unpaired) electrons. The Labute approximate surface area is 167 Å². The number of anilines is 1. The number of hydrogen-bond donors (Lipinski definition) is 1. The van der Waals surface area contributed by atoms with Gasteiger partial charge in [0.25, 0.3) is 0 Å². The van der Waals surface area contributed by atoms with E-state index in [0.717, 1.165) is 16.9 Å². The molecule has 0 aliphatic heterocycles. The van der Waals surface area contributed by atoms with Gasteiger partial charge >= 0.3 is 0 Å². The minimum atomic E-state index is 0.475. The van der Waals surface area contributed by atoms with Crippen molar-refractivity contribution in [1.82, 2.24) is 14.9 Å². The van der Waals surface area contributed by atoms with Crippen molar-refractivity contribution in [3.05, 3.63) is 88.4 Å². The zero-order valence-electron chi connectivity index (χ0n) is 13.8. The highest BCUT2D eigenvalue weighted by Crippen LogP contribution is 2.25. The lowest BCUT2D eigenvalue weighted by Gasteiger charge is -2.25. The molecule has 0 fully saturated rings. The van der Waals surface area contributed by atoms with Crippen LogP contribution in [0.1, 0.15) is 11.3 Å². The van der Waals surface area contributed by atoms with Gasteiger partial charge in [0.15, 0.2) is 5.11 Å². The molecule has 1 N–H and O–H groups in total. The predicted molar refractivity (Wildman–Crippen MR) is 110 cm³/mol. The van der Waals surface area contributed by atoms with E-state index in [0.29, 0.717) is 28.2 Å². The maximum absolute atomic E-state index is 6.09. The molecule has 3 rings (SSSR count). The summed E-state index contributed by atoms with van der Waals surface area (Å²) >= 11 is 17.7. The number of benzene rings is 1. The van der Waals surface area contributed by atoms with Crippen LogP contribution in [0.5, 0.6) is 0 Å². The number of halogens is 2. The average molecular weight is 403 g/mol. The van der Waals surface area contributed by atoms with E-state index in [1.165, 1.54) is 0 Å². The van der Waals surface area contributed by atoms with Crippen molar-refractivity contribution >= 4 is 46.2 Å². The second-order valence-electron chi connectivity index (χ2n) is 5.60. The second kappa shape index (κ2) is 8.94. The number of aromatic nitrogens is 2. The van der Waals surface area contributed by atoms with Crippen molar-refractivity contribution in [2.45, 2.75) is 13.1 Å². The predicted octanol–water partition coefficient (Wildman–Crippen LogP) is 5.18. The van der Waals surface area contributed by atoms with Crippen LogP contribution in [0.3, 0.4) is 0 Å². The number of rotatable bonds is 5. The number of pyridine rings is 2. The monoisotopic (exact) mass is 402 g/mol.